The van der Waals surface area contributed by atoms with E-state index in [-0.39, 0.29) is 5.91 Å². The van der Waals surface area contributed by atoms with Crippen molar-refractivity contribution in [3.8, 4) is 11.1 Å². The second kappa shape index (κ2) is 9.74. The highest BCUT2D eigenvalue weighted by atomic mass is 35.5. The number of amides is 1. The van der Waals surface area contributed by atoms with Crippen LogP contribution in [0, 0.1) is 0 Å². The van der Waals surface area contributed by atoms with Crippen LogP contribution in [0.25, 0.3) is 11.1 Å². The molecule has 2 aliphatic rings. The number of likely N-dealkylation sites (N-methyl/N-ethyl adjacent to an activating group) is 1. The fourth-order valence-electron chi connectivity index (χ4n) is 3.79. The van der Waals surface area contributed by atoms with E-state index in [2.05, 4.69) is 29.2 Å². The van der Waals surface area contributed by atoms with Crippen molar-refractivity contribution in [2.75, 3.05) is 18.5 Å². The Bertz CT molecular complexity index is 1330. The molecule has 0 spiro atoms. The first-order valence-electron chi connectivity index (χ1n) is 10.9. The predicted molar refractivity (Wildman–Crippen MR) is 146 cm³/mol. The van der Waals surface area contributed by atoms with Crippen molar-refractivity contribution in [2.45, 2.75) is 11.8 Å². The lowest BCUT2D eigenvalue weighted by atomic mass is 10.1. The van der Waals surface area contributed by atoms with Gasteiger partial charge in [-0.15, -0.1) is 0 Å². The van der Waals surface area contributed by atoms with Gasteiger partial charge in [0.05, 0.1) is 21.3 Å². The maximum Gasteiger partial charge on any atom is 0.266 e. The fraction of sp³-hybridized carbons (Fsp3) is 0.111. The molecule has 0 N–H and O–H groups in total. The number of amidine groups is 1. The second-order valence-corrected chi connectivity index (χ2v) is 10.3. The molecule has 4 nitrogen and oxygen atoms in total. The number of hydrogen-bond acceptors (Lipinski definition) is 5. The standard InChI is InChI=1S/C27H22ClN3OS2/c1-3-31-26(32)24(15-16-25-30(2)22-17-20(28)11-14-23(22)33-25)34-27(31)29-21-12-9-19(10-13-21)18-7-5-4-6-8-18/h4-17H,3H2,1-2H3/b24-15-,25-16-,29-27?. The molecule has 5 rings (SSSR count). The second-order valence-electron chi connectivity index (χ2n) is 7.77. The molecular formula is C27H22ClN3OS2. The van der Waals surface area contributed by atoms with E-state index in [1.165, 1.54) is 17.3 Å². The molecule has 170 valence electrons. The molecule has 0 unspecified atom stereocenters. The minimum absolute atomic E-state index is 0.0183. The van der Waals surface area contributed by atoms with Gasteiger partial charge in [-0.3, -0.25) is 9.69 Å². The number of aliphatic imine (C=N–C) groups is 1. The zero-order valence-corrected chi connectivity index (χ0v) is 21.1. The van der Waals surface area contributed by atoms with Crippen LogP contribution in [-0.4, -0.2) is 29.6 Å². The summed E-state index contributed by atoms with van der Waals surface area (Å²) >= 11 is 9.23. The summed E-state index contributed by atoms with van der Waals surface area (Å²) < 4.78 is 0. The summed E-state index contributed by atoms with van der Waals surface area (Å²) in [5.41, 5.74) is 4.20. The van der Waals surface area contributed by atoms with Crippen LogP contribution in [-0.2, 0) is 4.79 Å². The van der Waals surface area contributed by atoms with Crippen molar-refractivity contribution in [2.24, 2.45) is 4.99 Å². The SMILES string of the molecule is CCN1C(=O)/C(=C/C=C2\Sc3ccc(Cl)cc3N2C)SC1=Nc1ccc(-c2ccccc2)cc1. The Hall–Kier alpha value is -2.93. The van der Waals surface area contributed by atoms with Crippen molar-refractivity contribution in [3.05, 3.63) is 99.9 Å². The van der Waals surface area contributed by atoms with Gasteiger partial charge < -0.3 is 4.90 Å². The Labute approximate surface area is 213 Å². The van der Waals surface area contributed by atoms with E-state index in [9.17, 15) is 4.79 Å². The maximum absolute atomic E-state index is 13.0. The quantitative estimate of drug-likeness (QED) is 0.344. The summed E-state index contributed by atoms with van der Waals surface area (Å²) in [4.78, 5) is 23.4. The van der Waals surface area contributed by atoms with Crippen LogP contribution in [0.4, 0.5) is 11.4 Å². The smallest absolute Gasteiger partial charge is 0.266 e. The number of anilines is 1. The van der Waals surface area contributed by atoms with Crippen molar-refractivity contribution in [1.82, 2.24) is 4.90 Å². The summed E-state index contributed by atoms with van der Waals surface area (Å²) in [6, 6.07) is 24.2. The highest BCUT2D eigenvalue weighted by Gasteiger charge is 2.32. The number of carbonyl (C=O) groups is 1. The molecule has 0 radical (unpaired) electrons. The minimum atomic E-state index is -0.0183. The molecule has 3 aromatic rings. The van der Waals surface area contributed by atoms with Gasteiger partial charge in [0.1, 0.15) is 0 Å². The molecule has 2 heterocycles. The summed E-state index contributed by atoms with van der Waals surface area (Å²) in [5.74, 6) is -0.0183. The third-order valence-electron chi connectivity index (χ3n) is 5.61. The van der Waals surface area contributed by atoms with Gasteiger partial charge in [0, 0.05) is 23.5 Å². The molecule has 0 atom stereocenters. The largest absolute Gasteiger partial charge is 0.338 e. The van der Waals surface area contributed by atoms with E-state index >= 15 is 0 Å². The van der Waals surface area contributed by atoms with E-state index in [4.69, 9.17) is 16.6 Å². The van der Waals surface area contributed by atoms with Crippen molar-refractivity contribution in [1.29, 1.82) is 0 Å². The number of halogens is 1. The van der Waals surface area contributed by atoms with Gasteiger partial charge in [-0.25, -0.2) is 4.99 Å². The zero-order chi connectivity index (χ0) is 23.7. The van der Waals surface area contributed by atoms with Crippen LogP contribution in [0.2, 0.25) is 5.02 Å². The number of nitrogens with zero attached hydrogens (tertiary/aromatic N) is 3. The molecule has 3 aromatic carbocycles. The van der Waals surface area contributed by atoms with Gasteiger partial charge in [0.25, 0.3) is 5.91 Å². The maximum atomic E-state index is 13.0. The number of carbonyl (C=O) groups excluding carboxylic acids is 1. The normalized spacial score (nSPS) is 19.0. The Morgan fingerprint density at radius 1 is 0.941 bits per heavy atom. The summed E-state index contributed by atoms with van der Waals surface area (Å²) in [7, 11) is 2.01. The van der Waals surface area contributed by atoms with Crippen LogP contribution < -0.4 is 4.90 Å². The first-order chi connectivity index (χ1) is 16.5. The minimum Gasteiger partial charge on any atom is -0.338 e. The van der Waals surface area contributed by atoms with Crippen LogP contribution in [0.3, 0.4) is 0 Å². The first-order valence-corrected chi connectivity index (χ1v) is 12.9. The third kappa shape index (κ3) is 4.53. The molecule has 0 saturated carbocycles. The summed E-state index contributed by atoms with van der Waals surface area (Å²) in [5, 5.41) is 2.46. The van der Waals surface area contributed by atoms with E-state index < -0.39 is 0 Å². The molecular weight excluding hydrogens is 482 g/mol. The van der Waals surface area contributed by atoms with Crippen molar-refractivity contribution < 1.29 is 4.79 Å². The molecule has 0 aromatic heterocycles. The van der Waals surface area contributed by atoms with E-state index in [1.807, 2.05) is 74.7 Å². The van der Waals surface area contributed by atoms with Crippen molar-refractivity contribution >= 4 is 57.6 Å². The highest BCUT2D eigenvalue weighted by Crippen LogP contribution is 2.46. The lowest BCUT2D eigenvalue weighted by Gasteiger charge is -2.13. The molecule has 1 amide bonds. The molecule has 1 saturated heterocycles. The van der Waals surface area contributed by atoms with Crippen LogP contribution in [0.5, 0.6) is 0 Å². The van der Waals surface area contributed by atoms with Crippen LogP contribution >= 0.6 is 35.1 Å². The van der Waals surface area contributed by atoms with E-state index in [1.54, 1.807) is 16.7 Å². The van der Waals surface area contributed by atoms with Crippen molar-refractivity contribution in [3.63, 3.8) is 0 Å². The number of benzene rings is 3. The molecule has 34 heavy (non-hydrogen) atoms. The van der Waals surface area contributed by atoms with Crippen LogP contribution in [0.1, 0.15) is 6.92 Å². The van der Waals surface area contributed by atoms with Gasteiger partial charge >= 0.3 is 0 Å². The predicted octanol–water partition coefficient (Wildman–Crippen LogP) is 7.56. The average molecular weight is 504 g/mol. The summed E-state index contributed by atoms with van der Waals surface area (Å²) in [6.07, 6.45) is 3.88. The molecule has 1 fully saturated rings. The Kier molecular flexibility index (Phi) is 6.55. The monoisotopic (exact) mass is 503 g/mol. The van der Waals surface area contributed by atoms with Gasteiger partial charge in [0.2, 0.25) is 0 Å². The molecule has 2 aliphatic heterocycles. The van der Waals surface area contributed by atoms with Gasteiger partial charge in [-0.2, -0.15) is 0 Å². The Balaban J connectivity index is 1.37. The summed E-state index contributed by atoms with van der Waals surface area (Å²) in [6.45, 7) is 2.54. The Morgan fingerprint density at radius 2 is 1.68 bits per heavy atom. The number of fused-ring (bicyclic) bond motifs is 1. The third-order valence-corrected chi connectivity index (χ3v) is 8.05. The number of rotatable bonds is 4. The average Bonchev–Trinajstić information content (AvgIpc) is 3.33. The lowest BCUT2D eigenvalue weighted by Crippen LogP contribution is -2.28. The lowest BCUT2D eigenvalue weighted by molar-refractivity contribution is -0.122. The number of allylic oxidation sites excluding steroid dienone is 2. The van der Waals surface area contributed by atoms with Gasteiger partial charge in [-0.05, 0) is 72.3 Å². The fourth-order valence-corrected chi connectivity index (χ4v) is 5.99. The molecule has 7 heteroatoms. The molecule has 0 aliphatic carbocycles. The Morgan fingerprint density at radius 3 is 2.41 bits per heavy atom. The van der Waals surface area contributed by atoms with E-state index in [0.29, 0.717) is 21.6 Å². The van der Waals surface area contributed by atoms with Gasteiger partial charge in [-0.1, -0.05) is 65.8 Å². The van der Waals surface area contributed by atoms with Crippen LogP contribution in [0.15, 0.2) is 105 Å². The van der Waals surface area contributed by atoms with Gasteiger partial charge in [0.15, 0.2) is 5.17 Å². The number of thioether (sulfide) groups is 2. The topological polar surface area (TPSA) is 35.9 Å². The zero-order valence-electron chi connectivity index (χ0n) is 18.7. The highest BCUT2D eigenvalue weighted by molar-refractivity contribution is 8.18. The first kappa shape index (κ1) is 22.8. The molecule has 0 bridgehead atoms. The number of hydrogen-bond donors (Lipinski definition) is 0. The van der Waals surface area contributed by atoms with E-state index in [0.717, 1.165) is 26.9 Å².